The highest BCUT2D eigenvalue weighted by Crippen LogP contribution is 2.30. The van der Waals surface area contributed by atoms with E-state index in [1.54, 1.807) is 24.3 Å². The molecule has 134 valence electrons. The molecule has 0 aromatic heterocycles. The zero-order chi connectivity index (χ0) is 18.8. The predicted octanol–water partition coefficient (Wildman–Crippen LogP) is 4.49. The van der Waals surface area contributed by atoms with Gasteiger partial charge in [-0.1, -0.05) is 70.6 Å². The summed E-state index contributed by atoms with van der Waals surface area (Å²) < 4.78 is 1.01. The van der Waals surface area contributed by atoms with Gasteiger partial charge in [0, 0.05) is 16.1 Å². The van der Waals surface area contributed by atoms with Gasteiger partial charge in [0.2, 0.25) is 5.96 Å². The number of aliphatic imine (C=N–C) groups is 2. The number of allylic oxidation sites excluding steroid dienone is 2. The lowest BCUT2D eigenvalue weighted by Gasteiger charge is -2.28. The number of carboxylic acid groups (broad SMARTS) is 1. The Morgan fingerprint density at radius 2 is 1.93 bits per heavy atom. The van der Waals surface area contributed by atoms with Gasteiger partial charge in [0.15, 0.2) is 0 Å². The topological polar surface area (TPSA) is 74.0 Å². The van der Waals surface area contributed by atoms with E-state index in [2.05, 4.69) is 27.3 Å². The number of halogens is 1. The zero-order valence-corrected chi connectivity index (χ0v) is 15.8. The van der Waals surface area contributed by atoms with E-state index < -0.39 is 5.97 Å². The fourth-order valence-electron chi connectivity index (χ4n) is 3.14. The average molecular weight is 422 g/mol. The van der Waals surface area contributed by atoms with Gasteiger partial charge < -0.3 is 10.4 Å². The van der Waals surface area contributed by atoms with Crippen molar-refractivity contribution in [1.82, 2.24) is 0 Å². The fraction of sp³-hybridized carbons (Fsp3) is 0.0952. The minimum atomic E-state index is -0.969. The van der Waals surface area contributed by atoms with Crippen LogP contribution in [0.15, 0.2) is 87.3 Å². The summed E-state index contributed by atoms with van der Waals surface area (Å²) >= 11 is 3.54. The second kappa shape index (κ2) is 7.32. The Morgan fingerprint density at radius 3 is 2.70 bits per heavy atom. The molecule has 0 saturated carbocycles. The Balaban J connectivity index is 1.71. The normalized spacial score (nSPS) is 20.9. The van der Waals surface area contributed by atoms with Crippen LogP contribution in [-0.2, 0) is 0 Å². The van der Waals surface area contributed by atoms with Crippen molar-refractivity contribution < 1.29 is 9.90 Å². The van der Waals surface area contributed by atoms with Crippen LogP contribution in [0.2, 0.25) is 0 Å². The zero-order valence-electron chi connectivity index (χ0n) is 14.2. The van der Waals surface area contributed by atoms with E-state index in [0.29, 0.717) is 11.6 Å². The molecule has 6 heteroatoms. The van der Waals surface area contributed by atoms with Crippen molar-refractivity contribution >= 4 is 39.3 Å². The number of rotatable bonds is 3. The Bertz CT molecular complexity index is 1010. The maximum atomic E-state index is 11.2. The Morgan fingerprint density at radius 1 is 1.11 bits per heavy atom. The van der Waals surface area contributed by atoms with Gasteiger partial charge in [-0.2, -0.15) is 0 Å². The van der Waals surface area contributed by atoms with Gasteiger partial charge in [-0.25, -0.2) is 14.8 Å². The summed E-state index contributed by atoms with van der Waals surface area (Å²) in [6.45, 7) is 0. The first-order valence-corrected chi connectivity index (χ1v) is 9.27. The Kier molecular flexibility index (Phi) is 4.73. The summed E-state index contributed by atoms with van der Waals surface area (Å²) in [5.41, 5.74) is 2.81. The summed E-state index contributed by atoms with van der Waals surface area (Å²) in [7, 11) is 0. The molecule has 1 aliphatic carbocycles. The molecule has 2 aliphatic rings. The summed E-state index contributed by atoms with van der Waals surface area (Å²) in [6.07, 6.45) is 6.14. The third-order valence-electron chi connectivity index (χ3n) is 4.41. The molecule has 0 saturated heterocycles. The number of hydrogen-bond donors (Lipinski definition) is 2. The minimum Gasteiger partial charge on any atom is -0.478 e. The van der Waals surface area contributed by atoms with Gasteiger partial charge in [-0.3, -0.25) is 0 Å². The van der Waals surface area contributed by atoms with Crippen molar-refractivity contribution in [2.24, 2.45) is 15.9 Å². The van der Waals surface area contributed by atoms with Crippen LogP contribution < -0.4 is 5.32 Å². The summed E-state index contributed by atoms with van der Waals surface area (Å²) in [5, 5.41) is 12.3. The lowest BCUT2D eigenvalue weighted by molar-refractivity contribution is 0.0697. The number of anilines is 1. The molecule has 1 aliphatic heterocycles. The van der Waals surface area contributed by atoms with Crippen molar-refractivity contribution in [2.75, 3.05) is 5.32 Å². The quantitative estimate of drug-likeness (QED) is 0.766. The molecule has 0 spiro atoms. The monoisotopic (exact) mass is 421 g/mol. The van der Waals surface area contributed by atoms with Crippen molar-refractivity contribution in [1.29, 1.82) is 0 Å². The molecule has 27 heavy (non-hydrogen) atoms. The third-order valence-corrected chi connectivity index (χ3v) is 4.94. The summed E-state index contributed by atoms with van der Waals surface area (Å²) in [6, 6.07) is 16.6. The van der Waals surface area contributed by atoms with Crippen LogP contribution in [0.3, 0.4) is 0 Å². The predicted molar refractivity (Wildman–Crippen MR) is 111 cm³/mol. The van der Waals surface area contributed by atoms with Crippen LogP contribution in [0.5, 0.6) is 0 Å². The second-order valence-electron chi connectivity index (χ2n) is 6.25. The first-order valence-electron chi connectivity index (χ1n) is 8.48. The molecule has 2 N–H and O–H groups in total. The lowest BCUT2D eigenvalue weighted by atomic mass is 9.86. The van der Waals surface area contributed by atoms with E-state index in [-0.39, 0.29) is 17.5 Å². The van der Waals surface area contributed by atoms with Crippen LogP contribution in [0.25, 0.3) is 0 Å². The molecule has 1 heterocycles. The number of aromatic carboxylic acids is 1. The molecule has 4 rings (SSSR count). The summed E-state index contributed by atoms with van der Waals surface area (Å²) in [4.78, 5) is 20.6. The number of benzene rings is 2. The molecular weight excluding hydrogens is 406 g/mol. The number of carboxylic acids is 1. The maximum Gasteiger partial charge on any atom is 0.335 e. The van der Waals surface area contributed by atoms with Crippen LogP contribution in [-0.4, -0.2) is 28.8 Å². The number of nitrogens with zero attached hydrogens (tertiary/aromatic N) is 2. The van der Waals surface area contributed by atoms with Gasteiger partial charge in [0.25, 0.3) is 0 Å². The van der Waals surface area contributed by atoms with E-state index >= 15 is 0 Å². The largest absolute Gasteiger partial charge is 0.478 e. The molecule has 0 unspecified atom stereocenters. The highest BCUT2D eigenvalue weighted by molar-refractivity contribution is 9.11. The highest BCUT2D eigenvalue weighted by atomic mass is 79.9. The van der Waals surface area contributed by atoms with E-state index in [1.165, 1.54) is 0 Å². The standard InChI is InChI=1S/C21H16BrN3O2/c22-15-9-10-18-17(12-15)19(13-5-2-1-3-6-13)25-21(24-18)23-16-8-4-7-14(11-16)20(26)27/h1-12,17-18H,(H,23,24)(H,26,27)/t17-,18-/m0/s1. The van der Waals surface area contributed by atoms with Gasteiger partial charge in [-0.05, 0) is 23.8 Å². The first kappa shape index (κ1) is 17.4. The van der Waals surface area contributed by atoms with Crippen molar-refractivity contribution in [3.63, 3.8) is 0 Å². The molecule has 5 nitrogen and oxygen atoms in total. The number of fused-ring (bicyclic) bond motifs is 1. The van der Waals surface area contributed by atoms with Gasteiger partial charge in [0.1, 0.15) is 0 Å². The van der Waals surface area contributed by atoms with Crippen LogP contribution in [0.1, 0.15) is 15.9 Å². The van der Waals surface area contributed by atoms with E-state index in [4.69, 9.17) is 9.98 Å². The summed E-state index contributed by atoms with van der Waals surface area (Å²) in [5.74, 6) is -0.459. The Labute approximate surface area is 165 Å². The number of hydrogen-bond acceptors (Lipinski definition) is 4. The molecule has 0 amide bonds. The van der Waals surface area contributed by atoms with E-state index in [1.807, 2.05) is 42.5 Å². The fourth-order valence-corrected chi connectivity index (χ4v) is 3.58. The molecular formula is C21H16BrN3O2. The van der Waals surface area contributed by atoms with Crippen molar-refractivity contribution in [3.05, 3.63) is 88.4 Å². The van der Waals surface area contributed by atoms with Gasteiger partial charge in [0.05, 0.1) is 17.3 Å². The average Bonchev–Trinajstić information content (AvgIpc) is 2.68. The number of guanidine groups is 1. The van der Waals surface area contributed by atoms with Crippen molar-refractivity contribution in [2.45, 2.75) is 6.04 Å². The molecule has 2 atom stereocenters. The van der Waals surface area contributed by atoms with Gasteiger partial charge in [-0.15, -0.1) is 0 Å². The van der Waals surface area contributed by atoms with Crippen LogP contribution in [0.4, 0.5) is 5.69 Å². The SMILES string of the molecule is O=C(O)c1cccc(NC2=N[C@H]3C=CC(Br)=C[C@@H]3C(c3ccccc3)=N2)c1. The van der Waals surface area contributed by atoms with Crippen LogP contribution in [0, 0.1) is 5.92 Å². The highest BCUT2D eigenvalue weighted by Gasteiger charge is 2.30. The molecule has 0 bridgehead atoms. The third kappa shape index (κ3) is 3.75. The van der Waals surface area contributed by atoms with Crippen molar-refractivity contribution in [3.8, 4) is 0 Å². The lowest BCUT2D eigenvalue weighted by Crippen LogP contribution is -2.34. The number of carbonyl (C=O) groups is 1. The van der Waals surface area contributed by atoms with Crippen LogP contribution >= 0.6 is 15.9 Å². The van der Waals surface area contributed by atoms with E-state index in [9.17, 15) is 9.90 Å². The maximum absolute atomic E-state index is 11.2. The second-order valence-corrected chi connectivity index (χ2v) is 7.17. The molecule has 2 aromatic rings. The smallest absolute Gasteiger partial charge is 0.335 e. The molecule has 2 aromatic carbocycles. The first-order chi connectivity index (χ1) is 13.1. The Hall–Kier alpha value is -2.99. The minimum absolute atomic E-state index is 0.0441. The molecule has 0 fully saturated rings. The number of nitrogens with one attached hydrogen (secondary N) is 1. The molecule has 0 radical (unpaired) electrons. The van der Waals surface area contributed by atoms with E-state index in [0.717, 1.165) is 15.8 Å². The van der Waals surface area contributed by atoms with Gasteiger partial charge >= 0.3 is 5.97 Å².